The van der Waals surface area contributed by atoms with Gasteiger partial charge < -0.3 is 19.3 Å². The fourth-order valence-corrected chi connectivity index (χ4v) is 5.63. The van der Waals surface area contributed by atoms with Crippen LogP contribution in [-0.2, 0) is 23.8 Å². The minimum absolute atomic E-state index is 0.0566. The van der Waals surface area contributed by atoms with Gasteiger partial charge in [-0.3, -0.25) is 4.79 Å². The molecule has 164 valence electrons. The molecular weight excluding hydrogens is 384 g/mol. The van der Waals surface area contributed by atoms with Gasteiger partial charge in [0.05, 0.1) is 12.0 Å². The number of esters is 2. The number of aliphatic hydroxyl groups is 1. The molecule has 1 N–H and O–H groups in total. The van der Waals surface area contributed by atoms with Gasteiger partial charge in [0.15, 0.2) is 5.79 Å². The second-order valence-electron chi connectivity index (χ2n) is 9.93. The summed E-state index contributed by atoms with van der Waals surface area (Å²) in [7, 11) is 0. The smallest absolute Gasteiger partial charge is 0.331 e. The van der Waals surface area contributed by atoms with Gasteiger partial charge in [-0.1, -0.05) is 25.5 Å². The predicted molar refractivity (Wildman–Crippen MR) is 110 cm³/mol. The molecule has 0 radical (unpaired) electrons. The minimum Gasteiger partial charge on any atom is -0.456 e. The standard InChI is InChI=1S/C24H32O6/c1-12(2)15-11-17(25)29-23(5)10-9-14(4)20-18-19(22(26)28-20)24(6,27)30-21(18)13(3)7-8-16(15)23/h7,11-12,16,18-19,21,27H,8-10H2,1-6H3/b13-7-,20-14+/t16-,18+,19-,21+,23+,24-/m1/s1. The Hall–Kier alpha value is -1.92. The zero-order valence-corrected chi connectivity index (χ0v) is 18.7. The van der Waals surface area contributed by atoms with Crippen LogP contribution >= 0.6 is 0 Å². The Balaban J connectivity index is 1.81. The van der Waals surface area contributed by atoms with E-state index in [9.17, 15) is 14.7 Å². The Bertz CT molecular complexity index is 876. The lowest BCUT2D eigenvalue weighted by Crippen LogP contribution is -2.44. The van der Waals surface area contributed by atoms with Gasteiger partial charge in [-0.25, -0.2) is 4.79 Å². The third kappa shape index (κ3) is 3.25. The van der Waals surface area contributed by atoms with Crippen molar-refractivity contribution < 1.29 is 28.9 Å². The van der Waals surface area contributed by atoms with Crippen LogP contribution in [0.2, 0.25) is 0 Å². The van der Waals surface area contributed by atoms with Crippen molar-refractivity contribution in [1.82, 2.24) is 0 Å². The average Bonchev–Trinajstić information content (AvgIpc) is 3.13. The molecule has 0 amide bonds. The molecule has 2 fully saturated rings. The van der Waals surface area contributed by atoms with Gasteiger partial charge >= 0.3 is 11.9 Å². The van der Waals surface area contributed by atoms with Crippen molar-refractivity contribution in [3.8, 4) is 0 Å². The number of carbonyl (C=O) groups is 2. The summed E-state index contributed by atoms with van der Waals surface area (Å²) in [6.45, 7) is 11.7. The fraction of sp³-hybridized carbons (Fsp3) is 0.667. The van der Waals surface area contributed by atoms with E-state index in [4.69, 9.17) is 14.2 Å². The van der Waals surface area contributed by atoms with Crippen LogP contribution < -0.4 is 0 Å². The summed E-state index contributed by atoms with van der Waals surface area (Å²) in [5, 5.41) is 10.8. The average molecular weight is 417 g/mol. The summed E-state index contributed by atoms with van der Waals surface area (Å²) in [4.78, 5) is 25.0. The van der Waals surface area contributed by atoms with E-state index in [0.29, 0.717) is 25.0 Å². The highest BCUT2D eigenvalue weighted by Crippen LogP contribution is 2.52. The van der Waals surface area contributed by atoms with E-state index in [0.717, 1.165) is 16.7 Å². The number of rotatable bonds is 1. The van der Waals surface area contributed by atoms with Gasteiger partial charge in [0.2, 0.25) is 0 Å². The van der Waals surface area contributed by atoms with E-state index in [-0.39, 0.29) is 23.7 Å². The van der Waals surface area contributed by atoms with E-state index in [2.05, 4.69) is 19.9 Å². The largest absolute Gasteiger partial charge is 0.456 e. The molecule has 6 nitrogen and oxygen atoms in total. The van der Waals surface area contributed by atoms with Crippen molar-refractivity contribution in [2.45, 2.75) is 78.3 Å². The lowest BCUT2D eigenvalue weighted by molar-refractivity contribution is -0.201. The monoisotopic (exact) mass is 416 g/mol. The maximum absolute atomic E-state index is 12.6. The first-order chi connectivity index (χ1) is 13.9. The molecule has 6 atom stereocenters. The van der Waals surface area contributed by atoms with Crippen LogP contribution in [0.4, 0.5) is 0 Å². The number of hydrogen-bond acceptors (Lipinski definition) is 6. The summed E-state index contributed by atoms with van der Waals surface area (Å²) in [6.07, 6.45) is 5.29. The topological polar surface area (TPSA) is 82.1 Å². The van der Waals surface area contributed by atoms with Crippen molar-refractivity contribution in [2.75, 3.05) is 0 Å². The maximum Gasteiger partial charge on any atom is 0.331 e. The third-order valence-corrected chi connectivity index (χ3v) is 7.36. The van der Waals surface area contributed by atoms with Crippen LogP contribution in [0.25, 0.3) is 0 Å². The van der Waals surface area contributed by atoms with Crippen LogP contribution in [0.15, 0.2) is 34.6 Å². The quantitative estimate of drug-likeness (QED) is 0.517. The van der Waals surface area contributed by atoms with Gasteiger partial charge in [0, 0.05) is 12.0 Å². The zero-order chi connectivity index (χ0) is 22.0. The number of carbonyl (C=O) groups excluding carboxylic acids is 2. The molecule has 1 aliphatic carbocycles. The van der Waals surface area contributed by atoms with Gasteiger partial charge in [0.25, 0.3) is 0 Å². The summed E-state index contributed by atoms with van der Waals surface area (Å²) in [6, 6.07) is 0. The van der Waals surface area contributed by atoms with E-state index in [1.54, 1.807) is 13.0 Å². The summed E-state index contributed by atoms with van der Waals surface area (Å²) < 4.78 is 17.6. The number of hydrogen-bond donors (Lipinski definition) is 1. The Morgan fingerprint density at radius 2 is 1.90 bits per heavy atom. The molecule has 4 aliphatic rings. The predicted octanol–water partition coefficient (Wildman–Crippen LogP) is 3.80. The molecule has 0 aromatic heterocycles. The normalized spacial score (nSPS) is 45.6. The van der Waals surface area contributed by atoms with Crippen molar-refractivity contribution >= 4 is 11.9 Å². The van der Waals surface area contributed by atoms with Crippen molar-refractivity contribution in [2.24, 2.45) is 23.7 Å². The number of fused-ring (bicyclic) bond motifs is 1. The lowest BCUT2D eigenvalue weighted by atomic mass is 9.72. The lowest BCUT2D eigenvalue weighted by Gasteiger charge is -2.42. The fourth-order valence-electron chi connectivity index (χ4n) is 5.63. The molecule has 0 spiro atoms. The van der Waals surface area contributed by atoms with Crippen LogP contribution in [0.1, 0.15) is 60.8 Å². The van der Waals surface area contributed by atoms with Gasteiger partial charge in [-0.05, 0) is 64.0 Å². The van der Waals surface area contributed by atoms with Gasteiger partial charge in [-0.2, -0.15) is 0 Å². The summed E-state index contributed by atoms with van der Waals surface area (Å²) in [5.74, 6) is -2.48. The molecule has 0 aromatic carbocycles. The van der Waals surface area contributed by atoms with Crippen LogP contribution in [0, 0.1) is 23.7 Å². The van der Waals surface area contributed by atoms with E-state index in [1.807, 2.05) is 20.8 Å². The number of ether oxygens (including phenoxy) is 3. The van der Waals surface area contributed by atoms with Crippen molar-refractivity contribution in [3.05, 3.63) is 34.6 Å². The summed E-state index contributed by atoms with van der Waals surface area (Å²) >= 11 is 0. The Kier molecular flexibility index (Phi) is 5.02. The van der Waals surface area contributed by atoms with E-state index >= 15 is 0 Å². The Morgan fingerprint density at radius 1 is 1.20 bits per heavy atom. The van der Waals surface area contributed by atoms with Crippen molar-refractivity contribution in [3.63, 3.8) is 0 Å². The highest BCUT2D eigenvalue weighted by atomic mass is 16.6. The van der Waals surface area contributed by atoms with Gasteiger partial charge in [0.1, 0.15) is 17.3 Å². The first-order valence-electron chi connectivity index (χ1n) is 10.9. The molecule has 0 bridgehead atoms. The van der Waals surface area contributed by atoms with E-state index < -0.39 is 29.4 Å². The molecular formula is C24H32O6. The molecule has 3 aliphatic heterocycles. The second kappa shape index (κ2) is 7.06. The Labute approximate surface area is 177 Å². The molecule has 30 heavy (non-hydrogen) atoms. The first kappa shape index (κ1) is 21.3. The molecule has 4 rings (SSSR count). The van der Waals surface area contributed by atoms with Crippen LogP contribution in [0.5, 0.6) is 0 Å². The molecule has 3 heterocycles. The molecule has 2 saturated heterocycles. The maximum atomic E-state index is 12.6. The van der Waals surface area contributed by atoms with Crippen LogP contribution in [0.3, 0.4) is 0 Å². The highest BCUT2D eigenvalue weighted by molar-refractivity contribution is 5.84. The minimum atomic E-state index is -1.56. The zero-order valence-electron chi connectivity index (χ0n) is 18.7. The van der Waals surface area contributed by atoms with Gasteiger partial charge in [-0.15, -0.1) is 0 Å². The third-order valence-electron chi connectivity index (χ3n) is 7.36. The second-order valence-corrected chi connectivity index (χ2v) is 9.93. The van der Waals surface area contributed by atoms with Crippen molar-refractivity contribution in [1.29, 1.82) is 0 Å². The van der Waals surface area contributed by atoms with Crippen LogP contribution in [-0.4, -0.2) is 34.5 Å². The number of allylic oxidation sites excluding steroid dienone is 2. The molecule has 6 heteroatoms. The Morgan fingerprint density at radius 3 is 2.57 bits per heavy atom. The highest BCUT2D eigenvalue weighted by Gasteiger charge is 2.62. The summed E-state index contributed by atoms with van der Waals surface area (Å²) in [5.41, 5.74) is 2.35. The molecule has 0 saturated carbocycles. The van der Waals surface area contributed by atoms with E-state index in [1.165, 1.54) is 0 Å². The SMILES string of the molecule is C/C1=C/C[C@@H]2C(C(C)C)=CC(=O)O[C@@]2(C)CC/C(C)=C2/OC(=O)[C@H]3[C@@H]2[C@H]1O[C@@]3(C)O. The molecule has 0 unspecified atom stereocenters. The molecule has 0 aromatic rings. The first-order valence-corrected chi connectivity index (χ1v) is 10.9.